The third kappa shape index (κ3) is 3.40. The molecule has 0 N–H and O–H groups in total. The van der Waals surface area contributed by atoms with Crippen LogP contribution < -0.4 is 9.13 Å². The SMILES string of the molecule is C[n+]1cccc2ccc3ccc(-c4ccc(C=NC(C)(C)C)cc4)[n+](C)c3c21. The van der Waals surface area contributed by atoms with Crippen LogP contribution in [-0.2, 0) is 14.1 Å². The lowest BCUT2D eigenvalue weighted by molar-refractivity contribution is -0.659. The van der Waals surface area contributed by atoms with Crippen molar-refractivity contribution in [3.05, 3.63) is 72.4 Å². The summed E-state index contributed by atoms with van der Waals surface area (Å²) in [6, 6.07) is 21.7. The summed E-state index contributed by atoms with van der Waals surface area (Å²) >= 11 is 0. The second-order valence-corrected chi connectivity index (χ2v) is 8.39. The highest BCUT2D eigenvalue weighted by Gasteiger charge is 2.21. The van der Waals surface area contributed by atoms with Crippen molar-refractivity contribution in [3.63, 3.8) is 0 Å². The van der Waals surface area contributed by atoms with Crippen LogP contribution in [0.25, 0.3) is 33.1 Å². The summed E-state index contributed by atoms with van der Waals surface area (Å²) in [4.78, 5) is 4.60. The van der Waals surface area contributed by atoms with Crippen LogP contribution >= 0.6 is 0 Å². The van der Waals surface area contributed by atoms with Crippen LogP contribution in [-0.4, -0.2) is 11.8 Å². The second-order valence-electron chi connectivity index (χ2n) is 8.39. The first kappa shape index (κ1) is 18.3. The van der Waals surface area contributed by atoms with E-state index in [2.05, 4.69) is 116 Å². The molecule has 3 heteroatoms. The van der Waals surface area contributed by atoms with Gasteiger partial charge in [-0.2, -0.15) is 9.13 Å². The van der Waals surface area contributed by atoms with Gasteiger partial charge in [0.2, 0.25) is 5.69 Å². The quantitative estimate of drug-likeness (QED) is 0.281. The number of benzene rings is 2. The number of aliphatic imine (C=N–C) groups is 1. The molecule has 3 nitrogen and oxygen atoms in total. The van der Waals surface area contributed by atoms with Crippen molar-refractivity contribution in [2.75, 3.05) is 0 Å². The Kier molecular flexibility index (Phi) is 4.46. The molecule has 2 aromatic heterocycles. The Hall–Kier alpha value is -3.07. The van der Waals surface area contributed by atoms with Crippen molar-refractivity contribution in [2.45, 2.75) is 26.3 Å². The van der Waals surface area contributed by atoms with Gasteiger partial charge >= 0.3 is 0 Å². The van der Waals surface area contributed by atoms with Crippen LogP contribution in [0.3, 0.4) is 0 Å². The minimum absolute atomic E-state index is 0.0555. The van der Waals surface area contributed by atoms with E-state index in [4.69, 9.17) is 0 Å². The van der Waals surface area contributed by atoms with Crippen LogP contribution in [0.4, 0.5) is 0 Å². The molecule has 0 atom stereocenters. The number of hydrogen-bond donors (Lipinski definition) is 0. The topological polar surface area (TPSA) is 20.1 Å². The standard InChI is InChI=1S/C25H27N3/c1-25(2,3)26-17-18-8-10-19(11-9-18)22-15-14-21-13-12-20-7-6-16-27(4)23(20)24(21)28(22)5/h6-17H,1-5H3/q+2. The molecule has 2 aromatic carbocycles. The van der Waals surface area contributed by atoms with Crippen molar-refractivity contribution in [1.29, 1.82) is 0 Å². The number of aromatic nitrogens is 2. The molecule has 0 saturated carbocycles. The van der Waals surface area contributed by atoms with Crippen LogP contribution in [0.1, 0.15) is 26.3 Å². The van der Waals surface area contributed by atoms with E-state index in [0.29, 0.717) is 0 Å². The molecule has 0 bridgehead atoms. The van der Waals surface area contributed by atoms with Crippen LogP contribution in [0.15, 0.2) is 71.9 Å². The Labute approximate surface area is 166 Å². The molecule has 0 spiro atoms. The summed E-state index contributed by atoms with van der Waals surface area (Å²) in [6.45, 7) is 6.33. The summed E-state index contributed by atoms with van der Waals surface area (Å²) in [7, 11) is 4.26. The molecule has 0 radical (unpaired) electrons. The lowest BCUT2D eigenvalue weighted by atomic mass is 10.0. The average molecular weight is 370 g/mol. The minimum Gasteiger partial charge on any atom is -0.287 e. The van der Waals surface area contributed by atoms with Gasteiger partial charge in [-0.1, -0.05) is 12.1 Å². The van der Waals surface area contributed by atoms with E-state index in [0.717, 1.165) is 5.56 Å². The Morgan fingerprint density at radius 2 is 1.43 bits per heavy atom. The van der Waals surface area contributed by atoms with Crippen LogP contribution in [0.2, 0.25) is 0 Å². The molecule has 0 fully saturated rings. The smallest absolute Gasteiger partial charge is 0.285 e. The minimum atomic E-state index is -0.0555. The lowest BCUT2D eigenvalue weighted by Gasteiger charge is -2.10. The molecule has 0 saturated heterocycles. The van der Waals surface area contributed by atoms with Gasteiger partial charge in [0.15, 0.2) is 6.20 Å². The zero-order chi connectivity index (χ0) is 19.9. The highest BCUT2D eigenvalue weighted by molar-refractivity contribution is 5.99. The van der Waals surface area contributed by atoms with Gasteiger partial charge in [-0.25, -0.2) is 0 Å². The van der Waals surface area contributed by atoms with Gasteiger partial charge in [-0.15, -0.1) is 0 Å². The first-order valence-electron chi connectivity index (χ1n) is 9.69. The monoisotopic (exact) mass is 369 g/mol. The van der Waals surface area contributed by atoms with Gasteiger partial charge in [-0.05, 0) is 62.7 Å². The first-order chi connectivity index (χ1) is 13.3. The van der Waals surface area contributed by atoms with Crippen LogP contribution in [0.5, 0.6) is 0 Å². The molecule has 2 heterocycles. The number of rotatable bonds is 2. The zero-order valence-corrected chi connectivity index (χ0v) is 17.3. The normalized spacial score (nSPS) is 12.3. The van der Waals surface area contributed by atoms with E-state index < -0.39 is 0 Å². The van der Waals surface area contributed by atoms with E-state index in [1.807, 2.05) is 6.21 Å². The molecule has 4 rings (SSSR count). The fraction of sp³-hybridized carbons (Fsp3) is 0.240. The predicted molar refractivity (Wildman–Crippen MR) is 117 cm³/mol. The summed E-state index contributed by atoms with van der Waals surface area (Å²) < 4.78 is 4.50. The Morgan fingerprint density at radius 1 is 0.786 bits per heavy atom. The van der Waals surface area contributed by atoms with E-state index in [1.54, 1.807) is 0 Å². The Balaban J connectivity index is 1.85. The fourth-order valence-corrected chi connectivity index (χ4v) is 3.65. The molecule has 140 valence electrons. The molecule has 0 aliphatic heterocycles. The average Bonchev–Trinajstić information content (AvgIpc) is 2.67. The van der Waals surface area contributed by atoms with E-state index >= 15 is 0 Å². The predicted octanol–water partition coefficient (Wildman–Crippen LogP) is 4.53. The fourth-order valence-electron chi connectivity index (χ4n) is 3.65. The molecule has 0 unspecified atom stereocenters. The molecule has 4 aromatic rings. The number of fused-ring (bicyclic) bond motifs is 3. The third-order valence-electron chi connectivity index (χ3n) is 5.08. The summed E-state index contributed by atoms with van der Waals surface area (Å²) in [6.07, 6.45) is 4.06. The van der Waals surface area contributed by atoms with Crippen LogP contribution in [0, 0.1) is 0 Å². The van der Waals surface area contributed by atoms with Gasteiger partial charge in [0, 0.05) is 23.9 Å². The molecule has 0 amide bonds. The van der Waals surface area contributed by atoms with Gasteiger partial charge in [-0.3, -0.25) is 4.99 Å². The van der Waals surface area contributed by atoms with Crippen molar-refractivity contribution in [1.82, 2.24) is 0 Å². The maximum Gasteiger partial charge on any atom is 0.285 e. The van der Waals surface area contributed by atoms with E-state index in [-0.39, 0.29) is 5.54 Å². The first-order valence-corrected chi connectivity index (χ1v) is 9.69. The molecule has 0 aliphatic carbocycles. The van der Waals surface area contributed by atoms with Crippen molar-refractivity contribution in [2.24, 2.45) is 19.1 Å². The maximum atomic E-state index is 4.60. The lowest BCUT2D eigenvalue weighted by Crippen LogP contribution is -2.36. The van der Waals surface area contributed by atoms with Gasteiger partial charge < -0.3 is 0 Å². The Morgan fingerprint density at radius 3 is 2.11 bits per heavy atom. The number of aryl methyl sites for hydroxylation is 2. The maximum absolute atomic E-state index is 4.60. The summed E-state index contributed by atoms with van der Waals surface area (Å²) in [5, 5.41) is 2.49. The third-order valence-corrected chi connectivity index (χ3v) is 5.08. The largest absolute Gasteiger partial charge is 0.287 e. The highest BCUT2D eigenvalue weighted by atomic mass is 15.0. The summed E-state index contributed by atoms with van der Waals surface area (Å²) in [5.41, 5.74) is 5.96. The number of hydrogen-bond acceptors (Lipinski definition) is 1. The summed E-state index contributed by atoms with van der Waals surface area (Å²) in [5.74, 6) is 0. The number of pyridine rings is 2. The molecular formula is C25H27N3+2. The van der Waals surface area contributed by atoms with Gasteiger partial charge in [0.25, 0.3) is 11.0 Å². The zero-order valence-electron chi connectivity index (χ0n) is 17.3. The molecule has 0 aliphatic rings. The van der Waals surface area contributed by atoms with Crippen molar-refractivity contribution in [3.8, 4) is 11.3 Å². The highest BCUT2D eigenvalue weighted by Crippen LogP contribution is 2.24. The molecular weight excluding hydrogens is 342 g/mol. The second kappa shape index (κ2) is 6.83. The molecule has 28 heavy (non-hydrogen) atoms. The Bertz CT molecular complexity index is 1200. The van der Waals surface area contributed by atoms with Gasteiger partial charge in [0.1, 0.15) is 14.1 Å². The van der Waals surface area contributed by atoms with E-state index in [1.165, 1.54) is 33.1 Å². The number of nitrogens with zero attached hydrogens (tertiary/aromatic N) is 3. The van der Waals surface area contributed by atoms with Crippen molar-refractivity contribution < 1.29 is 9.13 Å². The van der Waals surface area contributed by atoms with Crippen molar-refractivity contribution >= 4 is 28.0 Å². The van der Waals surface area contributed by atoms with Gasteiger partial charge in [0.05, 0.1) is 16.3 Å². The van der Waals surface area contributed by atoms with E-state index in [9.17, 15) is 0 Å².